The number of halogens is 2. The SMILES string of the molecule is CCOc1cc(/C=N\NC(=O)C(=O)Nc2ccc(OC)cc2)cc(I)c1OCC(=O)Nc1ccc(Br)cc1. The van der Waals surface area contributed by atoms with Crippen LogP contribution >= 0.6 is 38.5 Å². The monoisotopic (exact) mass is 694 g/mol. The van der Waals surface area contributed by atoms with Crippen molar-refractivity contribution in [2.24, 2.45) is 5.10 Å². The third kappa shape index (κ3) is 8.73. The van der Waals surface area contributed by atoms with Gasteiger partial charge >= 0.3 is 11.8 Å². The highest BCUT2D eigenvalue weighted by atomic mass is 127. The lowest BCUT2D eigenvalue weighted by molar-refractivity contribution is -0.136. The van der Waals surface area contributed by atoms with Crippen molar-refractivity contribution < 1.29 is 28.6 Å². The van der Waals surface area contributed by atoms with Crippen molar-refractivity contribution in [3.63, 3.8) is 0 Å². The van der Waals surface area contributed by atoms with E-state index in [9.17, 15) is 14.4 Å². The maximum absolute atomic E-state index is 12.3. The second-order valence-corrected chi connectivity index (χ2v) is 9.57. The summed E-state index contributed by atoms with van der Waals surface area (Å²) in [6, 6.07) is 17.1. The molecule has 3 N–H and O–H groups in total. The van der Waals surface area contributed by atoms with Crippen LogP contribution in [0.25, 0.3) is 0 Å². The number of amides is 3. The minimum atomic E-state index is -0.937. The Morgan fingerprint density at radius 3 is 2.26 bits per heavy atom. The molecular weight excluding hydrogens is 671 g/mol. The van der Waals surface area contributed by atoms with Crippen molar-refractivity contribution in [3.05, 3.63) is 74.3 Å². The zero-order valence-electron chi connectivity index (χ0n) is 20.4. The summed E-state index contributed by atoms with van der Waals surface area (Å²) >= 11 is 5.41. The number of nitrogens with one attached hydrogen (secondary N) is 3. The highest BCUT2D eigenvalue weighted by Gasteiger charge is 2.15. The molecule has 0 aliphatic carbocycles. The van der Waals surface area contributed by atoms with Gasteiger partial charge < -0.3 is 24.8 Å². The second kappa shape index (κ2) is 14.3. The van der Waals surface area contributed by atoms with E-state index in [4.69, 9.17) is 14.2 Å². The number of rotatable bonds is 10. The van der Waals surface area contributed by atoms with Crippen molar-refractivity contribution in [3.8, 4) is 17.2 Å². The Hall–Kier alpha value is -3.65. The number of methoxy groups -OCH3 is 1. The maximum Gasteiger partial charge on any atom is 0.329 e. The molecular formula is C26H24BrIN4O6. The Balaban J connectivity index is 1.59. The van der Waals surface area contributed by atoms with Gasteiger partial charge in [-0.15, -0.1) is 0 Å². The van der Waals surface area contributed by atoms with Crippen molar-refractivity contribution in [2.75, 3.05) is 31.0 Å². The molecule has 0 aliphatic rings. The van der Waals surface area contributed by atoms with Crippen LogP contribution in [0.2, 0.25) is 0 Å². The fourth-order valence-corrected chi connectivity index (χ4v) is 4.06. The quantitative estimate of drug-likeness (QED) is 0.124. The first kappa shape index (κ1) is 28.9. The minimum absolute atomic E-state index is 0.223. The Bertz CT molecular complexity index is 1320. The third-order valence-electron chi connectivity index (χ3n) is 4.74. The lowest BCUT2D eigenvalue weighted by atomic mass is 10.2. The summed E-state index contributed by atoms with van der Waals surface area (Å²) in [5.74, 6) is -0.708. The van der Waals surface area contributed by atoms with Crippen LogP contribution in [0.3, 0.4) is 0 Å². The molecule has 10 nitrogen and oxygen atoms in total. The number of anilines is 2. The number of carbonyl (C=O) groups excluding carboxylic acids is 3. The van der Waals surface area contributed by atoms with Crippen LogP contribution in [0, 0.1) is 3.57 Å². The standard InChI is InChI=1S/C26H24BrIN4O6/c1-3-37-22-13-16(14-29-32-26(35)25(34)31-19-8-10-20(36-2)11-9-19)12-21(28)24(22)38-15-23(33)30-18-6-4-17(27)5-7-18/h4-14H,3,15H2,1-2H3,(H,30,33)(H,31,34)(H,32,35)/b29-14-. The zero-order chi connectivity index (χ0) is 27.5. The molecule has 0 unspecified atom stereocenters. The smallest absolute Gasteiger partial charge is 0.329 e. The van der Waals surface area contributed by atoms with E-state index in [1.165, 1.54) is 13.3 Å². The number of hydrazone groups is 1. The van der Waals surface area contributed by atoms with Gasteiger partial charge in [0.25, 0.3) is 5.91 Å². The van der Waals surface area contributed by atoms with Gasteiger partial charge in [0.15, 0.2) is 18.1 Å². The number of benzene rings is 3. The van der Waals surface area contributed by atoms with Crippen molar-refractivity contribution in [2.45, 2.75) is 6.92 Å². The largest absolute Gasteiger partial charge is 0.497 e. The van der Waals surface area contributed by atoms with Gasteiger partial charge in [0, 0.05) is 15.8 Å². The van der Waals surface area contributed by atoms with Crippen LogP contribution in [0.5, 0.6) is 17.2 Å². The summed E-state index contributed by atoms with van der Waals surface area (Å²) in [5, 5.41) is 9.09. The molecule has 38 heavy (non-hydrogen) atoms. The third-order valence-corrected chi connectivity index (χ3v) is 6.07. The topological polar surface area (TPSA) is 127 Å². The van der Waals surface area contributed by atoms with Gasteiger partial charge in [0.05, 0.1) is 23.5 Å². The molecule has 0 saturated carbocycles. The van der Waals surface area contributed by atoms with Gasteiger partial charge in [0.2, 0.25) is 0 Å². The molecule has 0 spiro atoms. The van der Waals surface area contributed by atoms with E-state index in [0.717, 1.165) is 4.47 Å². The van der Waals surface area contributed by atoms with Crippen LogP contribution in [0.4, 0.5) is 11.4 Å². The van der Waals surface area contributed by atoms with Crippen LogP contribution in [-0.4, -0.2) is 44.3 Å². The summed E-state index contributed by atoms with van der Waals surface area (Å²) in [4.78, 5) is 36.5. The van der Waals surface area contributed by atoms with Gasteiger partial charge in [-0.3, -0.25) is 14.4 Å². The molecule has 0 fully saturated rings. The normalized spacial score (nSPS) is 10.5. The molecule has 3 aromatic rings. The molecule has 0 atom stereocenters. The van der Waals surface area contributed by atoms with Crippen molar-refractivity contribution in [1.82, 2.24) is 5.43 Å². The van der Waals surface area contributed by atoms with E-state index in [-0.39, 0.29) is 12.5 Å². The van der Waals surface area contributed by atoms with E-state index >= 15 is 0 Å². The van der Waals surface area contributed by atoms with Gasteiger partial charge in [-0.25, -0.2) is 5.43 Å². The van der Waals surface area contributed by atoms with E-state index in [0.29, 0.717) is 44.4 Å². The number of hydrogen-bond donors (Lipinski definition) is 3. The first-order chi connectivity index (χ1) is 18.3. The fourth-order valence-electron chi connectivity index (χ4n) is 3.01. The van der Waals surface area contributed by atoms with Crippen molar-refractivity contribution in [1.29, 1.82) is 0 Å². The Kier molecular flexibility index (Phi) is 10.9. The summed E-state index contributed by atoms with van der Waals surface area (Å²) in [6.07, 6.45) is 1.37. The molecule has 0 heterocycles. The van der Waals surface area contributed by atoms with E-state index in [1.807, 2.05) is 19.1 Å². The van der Waals surface area contributed by atoms with Crippen LogP contribution < -0.4 is 30.3 Å². The fraction of sp³-hybridized carbons (Fsp3) is 0.154. The molecule has 0 bridgehead atoms. The molecule has 3 amide bonds. The highest BCUT2D eigenvalue weighted by molar-refractivity contribution is 14.1. The van der Waals surface area contributed by atoms with E-state index < -0.39 is 11.8 Å². The number of nitrogens with zero attached hydrogens (tertiary/aromatic N) is 1. The Morgan fingerprint density at radius 1 is 0.947 bits per heavy atom. The predicted molar refractivity (Wildman–Crippen MR) is 156 cm³/mol. The first-order valence-electron chi connectivity index (χ1n) is 11.2. The molecule has 3 rings (SSSR count). The summed E-state index contributed by atoms with van der Waals surface area (Å²) < 4.78 is 18.1. The zero-order valence-corrected chi connectivity index (χ0v) is 24.2. The summed E-state index contributed by atoms with van der Waals surface area (Å²) in [6.45, 7) is 1.96. The van der Waals surface area contributed by atoms with E-state index in [1.54, 1.807) is 48.5 Å². The van der Waals surface area contributed by atoms with Crippen molar-refractivity contribution >= 4 is 73.8 Å². The maximum atomic E-state index is 12.3. The molecule has 0 aliphatic heterocycles. The lowest BCUT2D eigenvalue weighted by Crippen LogP contribution is -2.32. The second-order valence-electron chi connectivity index (χ2n) is 7.49. The first-order valence-corrected chi connectivity index (χ1v) is 13.1. The van der Waals surface area contributed by atoms with Crippen LogP contribution in [0.1, 0.15) is 12.5 Å². The van der Waals surface area contributed by atoms with Gasteiger partial charge in [-0.2, -0.15) is 5.10 Å². The Morgan fingerprint density at radius 2 is 1.61 bits per heavy atom. The van der Waals surface area contributed by atoms with Crippen LogP contribution in [0.15, 0.2) is 70.2 Å². The van der Waals surface area contributed by atoms with Crippen LogP contribution in [-0.2, 0) is 14.4 Å². The van der Waals surface area contributed by atoms with Gasteiger partial charge in [-0.05, 0) is 95.7 Å². The minimum Gasteiger partial charge on any atom is -0.497 e. The average Bonchev–Trinajstić information content (AvgIpc) is 2.90. The Labute approximate surface area is 241 Å². The predicted octanol–water partition coefficient (Wildman–Crippen LogP) is 4.57. The molecule has 0 radical (unpaired) electrons. The van der Waals surface area contributed by atoms with E-state index in [2.05, 4.69) is 59.7 Å². The molecule has 198 valence electrons. The van der Waals surface area contributed by atoms with Gasteiger partial charge in [0.1, 0.15) is 5.75 Å². The molecule has 3 aromatic carbocycles. The van der Waals surface area contributed by atoms with Gasteiger partial charge in [-0.1, -0.05) is 15.9 Å². The highest BCUT2D eigenvalue weighted by Crippen LogP contribution is 2.34. The number of ether oxygens (including phenoxy) is 3. The molecule has 0 saturated heterocycles. The molecule has 0 aromatic heterocycles. The average molecular weight is 695 g/mol. The number of carbonyl (C=O) groups is 3. The molecule has 12 heteroatoms. The summed E-state index contributed by atoms with van der Waals surface area (Å²) in [7, 11) is 1.53. The lowest BCUT2D eigenvalue weighted by Gasteiger charge is -2.14. The number of hydrogen-bond acceptors (Lipinski definition) is 7. The summed E-state index contributed by atoms with van der Waals surface area (Å²) in [5.41, 5.74) is 3.86.